The summed E-state index contributed by atoms with van der Waals surface area (Å²) in [5, 5.41) is 11.7. The molecule has 1 amide bonds. The minimum Gasteiger partial charge on any atom is -0.505 e. The molecule has 4 nitrogen and oxygen atoms in total. The lowest BCUT2D eigenvalue weighted by Crippen LogP contribution is -2.24. The summed E-state index contributed by atoms with van der Waals surface area (Å²) in [6.45, 7) is 0.306. The van der Waals surface area contributed by atoms with Gasteiger partial charge in [-0.3, -0.25) is 0 Å². The summed E-state index contributed by atoms with van der Waals surface area (Å²) in [6.07, 6.45) is 2.38. The van der Waals surface area contributed by atoms with Gasteiger partial charge in [0.15, 0.2) is 17.4 Å². The number of ether oxygens (including phenoxy) is 1. The van der Waals surface area contributed by atoms with Gasteiger partial charge in [0.1, 0.15) is 6.61 Å². The summed E-state index contributed by atoms with van der Waals surface area (Å²) in [7, 11) is 0. The van der Waals surface area contributed by atoms with Gasteiger partial charge >= 0.3 is 6.09 Å². The average molecular weight is 319 g/mol. The fraction of sp³-hybridized carbons (Fsp3) is 0.118. The lowest BCUT2D eigenvalue weighted by molar-refractivity contribution is 0.141. The molecule has 0 saturated carbocycles. The molecule has 0 fully saturated rings. The van der Waals surface area contributed by atoms with Crippen molar-refractivity contribution in [1.29, 1.82) is 0 Å². The molecule has 0 unspecified atom stereocenters. The van der Waals surface area contributed by atoms with Crippen LogP contribution in [-0.4, -0.2) is 17.7 Å². The van der Waals surface area contributed by atoms with Crippen molar-refractivity contribution in [1.82, 2.24) is 5.32 Å². The van der Waals surface area contributed by atoms with E-state index in [4.69, 9.17) is 9.84 Å². The van der Waals surface area contributed by atoms with Crippen LogP contribution in [-0.2, 0) is 11.3 Å². The monoisotopic (exact) mass is 319 g/mol. The standard InChI is InChI=1S/C17H15F2NO3/c18-14-9-13(10-15(21)16(14)19)7-4-8-20-17(22)23-11-12-5-2-1-3-6-12/h1-7,9-10,21H,8,11H2,(H,20,22). The van der Waals surface area contributed by atoms with Gasteiger partial charge in [0.25, 0.3) is 0 Å². The number of amides is 1. The largest absolute Gasteiger partial charge is 0.505 e. The van der Waals surface area contributed by atoms with E-state index < -0.39 is 23.5 Å². The maximum absolute atomic E-state index is 13.1. The number of alkyl carbamates (subject to hydrolysis) is 1. The molecule has 2 rings (SSSR count). The minimum absolute atomic E-state index is 0.146. The number of phenols is 1. The van der Waals surface area contributed by atoms with Crippen LogP contribution in [0.4, 0.5) is 13.6 Å². The Balaban J connectivity index is 1.77. The topological polar surface area (TPSA) is 58.6 Å². The zero-order valence-electron chi connectivity index (χ0n) is 12.1. The average Bonchev–Trinajstić information content (AvgIpc) is 2.55. The molecule has 23 heavy (non-hydrogen) atoms. The van der Waals surface area contributed by atoms with E-state index in [0.717, 1.165) is 17.7 Å². The number of phenolic OH excluding ortho intramolecular Hbond substituents is 1. The third-order valence-electron chi connectivity index (χ3n) is 2.92. The maximum atomic E-state index is 13.1. The number of benzene rings is 2. The van der Waals surface area contributed by atoms with E-state index in [1.54, 1.807) is 0 Å². The van der Waals surface area contributed by atoms with Gasteiger partial charge in [0.05, 0.1) is 0 Å². The Morgan fingerprint density at radius 2 is 1.96 bits per heavy atom. The van der Waals surface area contributed by atoms with Gasteiger partial charge in [-0.1, -0.05) is 42.5 Å². The van der Waals surface area contributed by atoms with Crippen LogP contribution < -0.4 is 5.32 Å². The Morgan fingerprint density at radius 1 is 1.22 bits per heavy atom. The highest BCUT2D eigenvalue weighted by Gasteiger charge is 2.08. The summed E-state index contributed by atoms with van der Waals surface area (Å²) in [5.74, 6) is -3.19. The van der Waals surface area contributed by atoms with E-state index in [2.05, 4.69) is 5.32 Å². The molecule has 2 aromatic rings. The summed E-state index contributed by atoms with van der Waals surface area (Å²) >= 11 is 0. The number of hydrogen-bond donors (Lipinski definition) is 2. The van der Waals surface area contributed by atoms with E-state index in [0.29, 0.717) is 0 Å². The molecule has 120 valence electrons. The molecule has 0 spiro atoms. The third-order valence-corrected chi connectivity index (χ3v) is 2.92. The molecule has 0 aromatic heterocycles. The van der Waals surface area contributed by atoms with Crippen LogP contribution in [0.1, 0.15) is 11.1 Å². The van der Waals surface area contributed by atoms with Crippen LogP contribution in [0.2, 0.25) is 0 Å². The molecule has 0 aliphatic heterocycles. The van der Waals surface area contributed by atoms with Crippen LogP contribution in [0, 0.1) is 11.6 Å². The van der Waals surface area contributed by atoms with Crippen molar-refractivity contribution in [3.8, 4) is 5.75 Å². The van der Waals surface area contributed by atoms with Crippen LogP contribution in [0.3, 0.4) is 0 Å². The molecule has 0 radical (unpaired) electrons. The number of rotatable bonds is 5. The van der Waals surface area contributed by atoms with Gasteiger partial charge in [-0.25, -0.2) is 9.18 Å². The lowest BCUT2D eigenvalue weighted by atomic mass is 10.2. The van der Waals surface area contributed by atoms with Gasteiger partial charge in [0.2, 0.25) is 0 Å². The first-order chi connectivity index (χ1) is 11.1. The fourth-order valence-electron chi connectivity index (χ4n) is 1.80. The number of carbonyl (C=O) groups excluding carboxylic acids is 1. The smallest absolute Gasteiger partial charge is 0.407 e. The molecule has 0 bridgehead atoms. The van der Waals surface area contributed by atoms with Gasteiger partial charge in [0, 0.05) is 6.54 Å². The van der Waals surface area contributed by atoms with Crippen LogP contribution >= 0.6 is 0 Å². The van der Waals surface area contributed by atoms with E-state index in [1.807, 2.05) is 30.3 Å². The maximum Gasteiger partial charge on any atom is 0.407 e. The predicted molar refractivity (Wildman–Crippen MR) is 81.7 cm³/mol. The molecule has 0 atom stereocenters. The van der Waals surface area contributed by atoms with Crippen molar-refractivity contribution in [3.05, 3.63) is 71.3 Å². The summed E-state index contributed by atoms with van der Waals surface area (Å²) in [4.78, 5) is 11.5. The molecular formula is C17H15F2NO3. The Bertz CT molecular complexity index is 679. The fourth-order valence-corrected chi connectivity index (χ4v) is 1.80. The van der Waals surface area contributed by atoms with Crippen molar-refractivity contribution in [2.24, 2.45) is 0 Å². The number of halogens is 2. The van der Waals surface area contributed by atoms with Crippen molar-refractivity contribution in [2.75, 3.05) is 6.54 Å². The van der Waals surface area contributed by atoms with E-state index >= 15 is 0 Å². The molecule has 2 aromatic carbocycles. The molecule has 2 N–H and O–H groups in total. The predicted octanol–water partition coefficient (Wildman–Crippen LogP) is 3.61. The van der Waals surface area contributed by atoms with E-state index in [1.165, 1.54) is 12.2 Å². The highest BCUT2D eigenvalue weighted by Crippen LogP contribution is 2.21. The first-order valence-electron chi connectivity index (χ1n) is 6.85. The van der Waals surface area contributed by atoms with Crippen molar-refractivity contribution >= 4 is 12.2 Å². The second-order valence-electron chi connectivity index (χ2n) is 4.68. The van der Waals surface area contributed by atoms with Crippen molar-refractivity contribution in [3.63, 3.8) is 0 Å². The Labute approximate surface area is 132 Å². The van der Waals surface area contributed by atoms with Crippen LogP contribution in [0.15, 0.2) is 48.5 Å². The number of carbonyl (C=O) groups is 1. The number of hydrogen-bond acceptors (Lipinski definition) is 3. The minimum atomic E-state index is -1.29. The second-order valence-corrected chi connectivity index (χ2v) is 4.68. The highest BCUT2D eigenvalue weighted by atomic mass is 19.2. The van der Waals surface area contributed by atoms with Crippen molar-refractivity contribution in [2.45, 2.75) is 6.61 Å². The highest BCUT2D eigenvalue weighted by molar-refractivity contribution is 5.67. The second kappa shape index (κ2) is 7.93. The van der Waals surface area contributed by atoms with Gasteiger partial charge < -0.3 is 15.2 Å². The summed E-state index contributed by atoms with van der Waals surface area (Å²) in [5.41, 5.74) is 1.15. The zero-order chi connectivity index (χ0) is 16.7. The summed E-state index contributed by atoms with van der Waals surface area (Å²) in [6, 6.07) is 11.3. The SMILES string of the molecule is O=C(NCC=Cc1cc(O)c(F)c(F)c1)OCc1ccccc1. The molecule has 0 aliphatic rings. The Kier molecular flexibility index (Phi) is 5.68. The number of aromatic hydroxyl groups is 1. The first kappa shape index (κ1) is 16.5. The quantitative estimate of drug-likeness (QED) is 0.885. The van der Waals surface area contributed by atoms with Gasteiger partial charge in [-0.2, -0.15) is 4.39 Å². The molecule has 0 saturated heterocycles. The lowest BCUT2D eigenvalue weighted by Gasteiger charge is -2.05. The molecular weight excluding hydrogens is 304 g/mol. The molecule has 0 heterocycles. The van der Waals surface area contributed by atoms with Crippen molar-refractivity contribution < 1.29 is 23.4 Å². The third kappa shape index (κ3) is 5.10. The van der Waals surface area contributed by atoms with E-state index in [9.17, 15) is 13.6 Å². The van der Waals surface area contributed by atoms with Gasteiger partial charge in [-0.15, -0.1) is 0 Å². The van der Waals surface area contributed by atoms with Crippen LogP contribution in [0.25, 0.3) is 6.08 Å². The van der Waals surface area contributed by atoms with E-state index in [-0.39, 0.29) is 18.7 Å². The summed E-state index contributed by atoms with van der Waals surface area (Å²) < 4.78 is 31.0. The Hall–Kier alpha value is -2.89. The molecule has 0 aliphatic carbocycles. The Morgan fingerprint density at radius 3 is 2.65 bits per heavy atom. The normalized spacial score (nSPS) is 10.7. The zero-order valence-corrected chi connectivity index (χ0v) is 12.1. The molecule has 6 heteroatoms. The van der Waals surface area contributed by atoms with Gasteiger partial charge in [-0.05, 0) is 23.3 Å². The van der Waals surface area contributed by atoms with Crippen LogP contribution in [0.5, 0.6) is 5.75 Å². The first-order valence-corrected chi connectivity index (χ1v) is 6.85. The number of nitrogens with one attached hydrogen (secondary N) is 1.